The van der Waals surface area contributed by atoms with Crippen LogP contribution in [0.25, 0.3) is 5.57 Å². The average Bonchev–Trinajstić information content (AvgIpc) is 3.00. The molecule has 3 aliphatic rings. The van der Waals surface area contributed by atoms with E-state index in [1.165, 1.54) is 27.7 Å². The van der Waals surface area contributed by atoms with Crippen molar-refractivity contribution in [1.29, 1.82) is 5.26 Å². The molecule has 4 rings (SSSR count). The molecule has 0 bridgehead atoms. The molecule has 254 valence electrons. The maximum atomic E-state index is 12.6. The molecule has 2 heterocycles. The van der Waals surface area contributed by atoms with Gasteiger partial charge in [-0.15, -0.1) is 0 Å². The molecular formula is C34H41ClN2O9S. The lowest BCUT2D eigenvalue weighted by molar-refractivity contribution is -0.274. The van der Waals surface area contributed by atoms with E-state index in [4.69, 9.17) is 47.5 Å². The van der Waals surface area contributed by atoms with E-state index in [0.717, 1.165) is 56.1 Å². The minimum atomic E-state index is -1.35. The molecule has 1 saturated carbocycles. The third-order valence-corrected chi connectivity index (χ3v) is 9.35. The zero-order valence-corrected chi connectivity index (χ0v) is 28.6. The lowest BCUT2D eigenvalue weighted by Crippen LogP contribution is -2.69. The molecule has 2 unspecified atom stereocenters. The Hall–Kier alpha value is -3.53. The van der Waals surface area contributed by atoms with E-state index in [0.29, 0.717) is 11.4 Å². The fraction of sp³-hybridized carbons (Fsp3) is 0.588. The van der Waals surface area contributed by atoms with Gasteiger partial charge in [0, 0.05) is 44.7 Å². The van der Waals surface area contributed by atoms with Gasteiger partial charge in [-0.25, -0.2) is 0 Å². The number of ether oxygens (including phenoxy) is 5. The van der Waals surface area contributed by atoms with Crippen LogP contribution in [0.15, 0.2) is 29.8 Å². The average molecular weight is 689 g/mol. The van der Waals surface area contributed by atoms with E-state index in [2.05, 4.69) is 6.07 Å². The second kappa shape index (κ2) is 16.5. The Morgan fingerprint density at radius 1 is 0.851 bits per heavy atom. The molecule has 13 heteroatoms. The van der Waals surface area contributed by atoms with Crippen molar-refractivity contribution >= 4 is 58.3 Å². The molecular weight excluding hydrogens is 648 g/mol. The molecule has 1 aromatic carbocycles. The smallest absolute Gasteiger partial charge is 0.303 e. The minimum absolute atomic E-state index is 0.177. The Morgan fingerprint density at radius 3 is 1.98 bits per heavy atom. The predicted molar refractivity (Wildman–Crippen MR) is 175 cm³/mol. The fourth-order valence-corrected chi connectivity index (χ4v) is 7.42. The molecule has 0 amide bonds. The summed E-state index contributed by atoms with van der Waals surface area (Å²) in [5.74, 6) is -2.93. The summed E-state index contributed by atoms with van der Waals surface area (Å²) in [4.78, 5) is 51.2. The van der Waals surface area contributed by atoms with Gasteiger partial charge in [0.05, 0.1) is 5.57 Å². The van der Waals surface area contributed by atoms with E-state index in [-0.39, 0.29) is 29.1 Å². The Morgan fingerprint density at radius 2 is 1.40 bits per heavy atom. The van der Waals surface area contributed by atoms with Gasteiger partial charge in [-0.05, 0) is 36.1 Å². The molecule has 11 nitrogen and oxygen atoms in total. The van der Waals surface area contributed by atoms with Crippen LogP contribution in [0.3, 0.4) is 0 Å². The first-order chi connectivity index (χ1) is 22.4. The van der Waals surface area contributed by atoms with Crippen molar-refractivity contribution in [1.82, 2.24) is 4.90 Å². The van der Waals surface area contributed by atoms with Crippen LogP contribution in [-0.2, 0) is 42.9 Å². The van der Waals surface area contributed by atoms with Crippen LogP contribution in [0.2, 0.25) is 5.02 Å². The van der Waals surface area contributed by atoms with E-state index >= 15 is 0 Å². The molecule has 2 aliphatic heterocycles. The van der Waals surface area contributed by atoms with Gasteiger partial charge in [-0.1, -0.05) is 74.5 Å². The molecule has 1 aromatic rings. The van der Waals surface area contributed by atoms with Gasteiger partial charge < -0.3 is 28.6 Å². The van der Waals surface area contributed by atoms with E-state index < -0.39 is 54.5 Å². The molecule has 2 fully saturated rings. The van der Waals surface area contributed by atoms with Gasteiger partial charge in [0.2, 0.25) is 0 Å². The van der Waals surface area contributed by atoms with Gasteiger partial charge >= 0.3 is 23.9 Å². The van der Waals surface area contributed by atoms with Crippen molar-refractivity contribution in [3.8, 4) is 6.07 Å². The molecule has 47 heavy (non-hydrogen) atoms. The first kappa shape index (κ1) is 36.3. The number of halogens is 1. The van der Waals surface area contributed by atoms with Crippen LogP contribution < -0.4 is 0 Å². The van der Waals surface area contributed by atoms with Crippen LogP contribution in [0.5, 0.6) is 0 Å². The van der Waals surface area contributed by atoms with Crippen molar-refractivity contribution < 1.29 is 42.9 Å². The van der Waals surface area contributed by atoms with E-state index in [1.807, 2.05) is 12.1 Å². The lowest BCUT2D eigenvalue weighted by atomic mass is 9.74. The Bertz CT molecular complexity index is 1430. The van der Waals surface area contributed by atoms with Crippen LogP contribution in [0.1, 0.15) is 84.6 Å². The summed E-state index contributed by atoms with van der Waals surface area (Å²) in [6, 6.07) is 9.36. The van der Waals surface area contributed by atoms with Crippen molar-refractivity contribution in [2.45, 2.75) is 116 Å². The topological polar surface area (TPSA) is 141 Å². The lowest BCUT2D eigenvalue weighted by Gasteiger charge is -2.53. The number of thiocarbonyl (C=S) groups is 1. The number of benzene rings is 1. The van der Waals surface area contributed by atoms with Crippen molar-refractivity contribution in [3.63, 3.8) is 0 Å². The summed E-state index contributed by atoms with van der Waals surface area (Å²) >= 11 is 12.3. The van der Waals surface area contributed by atoms with Gasteiger partial charge in [-0.3, -0.25) is 19.2 Å². The van der Waals surface area contributed by atoms with Crippen molar-refractivity contribution in [3.05, 3.63) is 40.4 Å². The zero-order chi connectivity index (χ0) is 34.2. The Labute approximate surface area is 285 Å². The number of hydrogen-bond acceptors (Lipinski definition) is 11. The maximum absolute atomic E-state index is 12.6. The van der Waals surface area contributed by atoms with Gasteiger partial charge in [0.1, 0.15) is 23.8 Å². The molecule has 0 spiro atoms. The second-order valence-electron chi connectivity index (χ2n) is 12.1. The summed E-state index contributed by atoms with van der Waals surface area (Å²) in [6.07, 6.45) is 1.09. The number of nitriles is 1. The third kappa shape index (κ3) is 8.89. The van der Waals surface area contributed by atoms with Crippen LogP contribution in [0.4, 0.5) is 0 Å². The van der Waals surface area contributed by atoms with Crippen molar-refractivity contribution in [2.24, 2.45) is 5.92 Å². The number of nitrogens with zero attached hydrogens (tertiary/aromatic N) is 2. The zero-order valence-electron chi connectivity index (χ0n) is 27.1. The Balaban J connectivity index is 1.93. The highest BCUT2D eigenvalue weighted by Gasteiger charge is 2.57. The molecule has 0 aromatic heterocycles. The molecule has 7 atom stereocenters. The number of carbonyl (C=O) groups is 4. The second-order valence-corrected chi connectivity index (χ2v) is 12.9. The summed E-state index contributed by atoms with van der Waals surface area (Å²) in [7, 11) is 0. The Kier molecular flexibility index (Phi) is 12.8. The van der Waals surface area contributed by atoms with Gasteiger partial charge in [0.25, 0.3) is 0 Å². The highest BCUT2D eigenvalue weighted by molar-refractivity contribution is 7.80. The maximum Gasteiger partial charge on any atom is 0.303 e. The quantitative estimate of drug-likeness (QED) is 0.204. The number of esters is 4. The molecule has 0 radical (unpaired) electrons. The summed E-state index contributed by atoms with van der Waals surface area (Å²) < 4.78 is 29.0. The molecule has 1 aliphatic carbocycles. The number of carbonyl (C=O) groups excluding carboxylic acids is 4. The fourth-order valence-electron chi connectivity index (χ4n) is 6.90. The highest BCUT2D eigenvalue weighted by Crippen LogP contribution is 2.45. The first-order valence-electron chi connectivity index (χ1n) is 16.0. The summed E-state index contributed by atoms with van der Waals surface area (Å²) in [6.45, 7) is 4.42. The highest BCUT2D eigenvalue weighted by atomic mass is 35.5. The predicted octanol–water partition coefficient (Wildman–Crippen LogP) is 5.46. The van der Waals surface area contributed by atoms with Gasteiger partial charge in [-0.2, -0.15) is 5.26 Å². The molecule has 1 saturated heterocycles. The van der Waals surface area contributed by atoms with Crippen LogP contribution in [0, 0.1) is 17.2 Å². The van der Waals surface area contributed by atoms with Crippen molar-refractivity contribution in [2.75, 3.05) is 6.61 Å². The standard InChI is InChI=1S/C34H41ClN2O9S/c1-19(38)42-18-28-30(43-20(2)39)31(44-21(3)40)32(45-22(4)41)33(46-28)37-27-12-10-8-6-5-7-9-11-25(27)29(26(17-36)34(37)47)23-13-15-24(35)16-14-23/h13-16,25,27-28,30-33H,5-12,18H2,1-4H3/t25?,27?,28-,30-,31+,32-,33-/m1/s1. The number of rotatable bonds is 7. The van der Waals surface area contributed by atoms with E-state index in [1.54, 1.807) is 17.0 Å². The van der Waals surface area contributed by atoms with E-state index in [9.17, 15) is 24.4 Å². The molecule has 0 N–H and O–H groups in total. The third-order valence-electron chi connectivity index (χ3n) is 8.68. The summed E-state index contributed by atoms with van der Waals surface area (Å²) in [5, 5.41) is 11.2. The summed E-state index contributed by atoms with van der Waals surface area (Å²) in [5.41, 5.74) is 1.93. The van der Waals surface area contributed by atoms with Gasteiger partial charge in [0.15, 0.2) is 24.5 Å². The normalized spacial score (nSPS) is 28.3. The van der Waals surface area contributed by atoms with Crippen LogP contribution in [-0.4, -0.2) is 77.1 Å². The SMILES string of the molecule is CC(=O)OC[C@H]1O[C@@H](N2C(=S)C(C#N)=C(c3ccc(Cl)cc3)C3CCCCCCCCC32)[C@H](OC(C)=O)[C@@H](OC(C)=O)[C@@H]1OC(C)=O. The number of hydrogen-bond donors (Lipinski definition) is 0. The monoisotopic (exact) mass is 688 g/mol. The largest absolute Gasteiger partial charge is 0.463 e. The van der Waals surface area contributed by atoms with Crippen LogP contribution >= 0.6 is 23.8 Å². The first-order valence-corrected chi connectivity index (χ1v) is 16.7. The minimum Gasteiger partial charge on any atom is -0.463 e. The number of fused-ring (bicyclic) bond motifs is 1.